The predicted molar refractivity (Wildman–Crippen MR) is 117 cm³/mol. The van der Waals surface area contributed by atoms with E-state index in [2.05, 4.69) is 0 Å². The monoisotopic (exact) mass is 418 g/mol. The van der Waals surface area contributed by atoms with Gasteiger partial charge in [-0.1, -0.05) is 12.1 Å². The first-order valence-corrected chi connectivity index (χ1v) is 9.45. The summed E-state index contributed by atoms with van der Waals surface area (Å²) in [4.78, 5) is 24.7. The summed E-state index contributed by atoms with van der Waals surface area (Å²) in [5.41, 5.74) is 1.68. The van der Waals surface area contributed by atoms with Gasteiger partial charge in [-0.05, 0) is 72.3 Å². The molecule has 0 saturated heterocycles. The second-order valence-electron chi connectivity index (χ2n) is 6.45. The number of carbonyl (C=O) groups is 2. The minimum absolute atomic E-state index is 0.178. The van der Waals surface area contributed by atoms with Gasteiger partial charge in [0.05, 0.1) is 26.9 Å². The molecule has 3 aromatic rings. The van der Waals surface area contributed by atoms with E-state index in [1.54, 1.807) is 88.1 Å². The molecule has 0 aliphatic heterocycles. The summed E-state index contributed by atoms with van der Waals surface area (Å²) in [7, 11) is 4.67. The van der Waals surface area contributed by atoms with Crippen molar-refractivity contribution in [1.82, 2.24) is 0 Å². The van der Waals surface area contributed by atoms with Crippen LogP contribution in [0.1, 0.15) is 26.3 Å². The lowest BCUT2D eigenvalue weighted by Crippen LogP contribution is -2.08. The van der Waals surface area contributed by atoms with Gasteiger partial charge >= 0.3 is 5.97 Å². The van der Waals surface area contributed by atoms with Crippen LogP contribution < -0.4 is 18.9 Å². The lowest BCUT2D eigenvalue weighted by Gasteiger charge is -2.07. The van der Waals surface area contributed by atoms with Crippen molar-refractivity contribution in [2.75, 3.05) is 21.3 Å². The third-order valence-electron chi connectivity index (χ3n) is 4.51. The van der Waals surface area contributed by atoms with E-state index in [1.807, 2.05) is 6.07 Å². The van der Waals surface area contributed by atoms with Gasteiger partial charge in [0.1, 0.15) is 11.5 Å². The second kappa shape index (κ2) is 10.1. The zero-order valence-electron chi connectivity index (χ0n) is 17.5. The highest BCUT2D eigenvalue weighted by atomic mass is 16.5. The molecule has 3 rings (SSSR count). The Balaban J connectivity index is 1.64. The van der Waals surface area contributed by atoms with E-state index < -0.39 is 5.97 Å². The Kier molecular flexibility index (Phi) is 7.06. The molecule has 0 unspecified atom stereocenters. The summed E-state index contributed by atoms with van der Waals surface area (Å²) >= 11 is 0. The molecule has 0 aliphatic rings. The lowest BCUT2D eigenvalue weighted by molar-refractivity contribution is 0.0734. The molecule has 0 radical (unpaired) electrons. The second-order valence-corrected chi connectivity index (χ2v) is 6.45. The third-order valence-corrected chi connectivity index (χ3v) is 4.51. The van der Waals surface area contributed by atoms with Crippen LogP contribution in [0.5, 0.6) is 23.0 Å². The normalized spacial score (nSPS) is 10.5. The maximum atomic E-state index is 12.4. The number of hydrogen-bond donors (Lipinski definition) is 0. The highest BCUT2D eigenvalue weighted by molar-refractivity contribution is 6.07. The Morgan fingerprint density at radius 1 is 0.677 bits per heavy atom. The van der Waals surface area contributed by atoms with Crippen LogP contribution in [-0.4, -0.2) is 33.1 Å². The quantitative estimate of drug-likeness (QED) is 0.226. The van der Waals surface area contributed by atoms with Gasteiger partial charge in [-0.2, -0.15) is 0 Å². The average molecular weight is 418 g/mol. The van der Waals surface area contributed by atoms with Gasteiger partial charge in [-0.25, -0.2) is 4.79 Å². The topological polar surface area (TPSA) is 71.1 Å². The number of esters is 1. The summed E-state index contributed by atoms with van der Waals surface area (Å²) in [5, 5.41) is 0. The molecule has 0 bridgehead atoms. The van der Waals surface area contributed by atoms with Crippen LogP contribution in [0.25, 0.3) is 6.08 Å². The molecule has 0 atom stereocenters. The van der Waals surface area contributed by atoms with E-state index in [0.717, 1.165) is 5.56 Å². The van der Waals surface area contributed by atoms with Crippen LogP contribution in [0.3, 0.4) is 0 Å². The molecule has 0 heterocycles. The number of rotatable bonds is 8. The summed E-state index contributed by atoms with van der Waals surface area (Å²) in [6.45, 7) is 0. The smallest absolute Gasteiger partial charge is 0.343 e. The number of ketones is 1. The van der Waals surface area contributed by atoms with Gasteiger partial charge in [0, 0.05) is 5.56 Å². The average Bonchev–Trinajstić information content (AvgIpc) is 2.82. The Hall–Kier alpha value is -4.06. The molecule has 0 aliphatic carbocycles. The van der Waals surface area contributed by atoms with Crippen molar-refractivity contribution in [2.24, 2.45) is 0 Å². The SMILES string of the molecule is COc1ccc(C(=O)Oc2ccc(C(=O)C=Cc3ccc(OC)c(OC)c3)cc2)cc1. The maximum Gasteiger partial charge on any atom is 0.343 e. The van der Waals surface area contributed by atoms with Crippen LogP contribution in [0.2, 0.25) is 0 Å². The Labute approximate surface area is 180 Å². The van der Waals surface area contributed by atoms with Gasteiger partial charge < -0.3 is 18.9 Å². The number of carbonyl (C=O) groups excluding carboxylic acids is 2. The molecule has 3 aromatic carbocycles. The molecular formula is C25H22O6. The fourth-order valence-corrected chi connectivity index (χ4v) is 2.80. The van der Waals surface area contributed by atoms with Crippen molar-refractivity contribution < 1.29 is 28.5 Å². The van der Waals surface area contributed by atoms with Crippen LogP contribution in [-0.2, 0) is 0 Å². The van der Waals surface area contributed by atoms with Crippen molar-refractivity contribution in [3.8, 4) is 23.0 Å². The Bertz CT molecular complexity index is 1080. The first-order valence-electron chi connectivity index (χ1n) is 9.45. The van der Waals surface area contributed by atoms with Crippen LogP contribution in [0.15, 0.2) is 72.8 Å². The molecule has 31 heavy (non-hydrogen) atoms. The molecule has 158 valence electrons. The molecular weight excluding hydrogens is 396 g/mol. The highest BCUT2D eigenvalue weighted by Crippen LogP contribution is 2.28. The van der Waals surface area contributed by atoms with Crippen LogP contribution in [0, 0.1) is 0 Å². The first kappa shape index (κ1) is 21.6. The number of methoxy groups -OCH3 is 3. The van der Waals surface area contributed by atoms with Crippen molar-refractivity contribution >= 4 is 17.8 Å². The number of ether oxygens (including phenoxy) is 4. The van der Waals surface area contributed by atoms with Crippen molar-refractivity contribution in [2.45, 2.75) is 0 Å². The molecule has 6 nitrogen and oxygen atoms in total. The van der Waals surface area contributed by atoms with Gasteiger partial charge in [0.15, 0.2) is 17.3 Å². The maximum absolute atomic E-state index is 12.4. The predicted octanol–water partition coefficient (Wildman–Crippen LogP) is 4.83. The Morgan fingerprint density at radius 2 is 1.29 bits per heavy atom. The minimum atomic E-state index is -0.491. The van der Waals surface area contributed by atoms with Crippen LogP contribution >= 0.6 is 0 Å². The van der Waals surface area contributed by atoms with Gasteiger partial charge in [-0.15, -0.1) is 0 Å². The summed E-state index contributed by atoms with van der Waals surface area (Å²) < 4.78 is 20.9. The highest BCUT2D eigenvalue weighted by Gasteiger charge is 2.10. The summed E-state index contributed by atoms with van der Waals surface area (Å²) in [5.74, 6) is 1.53. The van der Waals surface area contributed by atoms with Gasteiger partial charge in [0.2, 0.25) is 0 Å². The van der Waals surface area contributed by atoms with E-state index in [-0.39, 0.29) is 5.78 Å². The Morgan fingerprint density at radius 3 is 1.90 bits per heavy atom. The van der Waals surface area contributed by atoms with E-state index in [1.165, 1.54) is 6.08 Å². The lowest BCUT2D eigenvalue weighted by atomic mass is 10.1. The first-order chi connectivity index (χ1) is 15.0. The standard InChI is InChI=1S/C25H22O6/c1-28-20-10-8-19(9-11-20)25(27)31-21-12-6-18(7-13-21)22(26)14-4-17-5-15-23(29-2)24(16-17)30-3/h4-16H,1-3H3. The van der Waals surface area contributed by atoms with E-state index in [0.29, 0.717) is 34.1 Å². The number of hydrogen-bond acceptors (Lipinski definition) is 6. The van der Waals surface area contributed by atoms with Crippen molar-refractivity contribution in [3.63, 3.8) is 0 Å². The summed E-state index contributed by atoms with van der Waals surface area (Å²) in [6, 6.07) is 18.4. The summed E-state index contributed by atoms with van der Waals surface area (Å²) in [6.07, 6.45) is 3.17. The molecule has 0 spiro atoms. The molecule has 0 saturated carbocycles. The van der Waals surface area contributed by atoms with E-state index in [9.17, 15) is 9.59 Å². The fourth-order valence-electron chi connectivity index (χ4n) is 2.80. The largest absolute Gasteiger partial charge is 0.497 e. The van der Waals surface area contributed by atoms with Crippen molar-refractivity contribution in [1.29, 1.82) is 0 Å². The minimum Gasteiger partial charge on any atom is -0.497 e. The molecule has 6 heteroatoms. The number of allylic oxidation sites excluding steroid dienone is 1. The van der Waals surface area contributed by atoms with Crippen molar-refractivity contribution in [3.05, 3.63) is 89.5 Å². The fraction of sp³-hybridized carbons (Fsp3) is 0.120. The zero-order chi connectivity index (χ0) is 22.2. The number of benzene rings is 3. The molecule has 0 aromatic heterocycles. The van der Waals surface area contributed by atoms with E-state index >= 15 is 0 Å². The third kappa shape index (κ3) is 5.51. The van der Waals surface area contributed by atoms with Crippen LogP contribution in [0.4, 0.5) is 0 Å². The van der Waals surface area contributed by atoms with E-state index in [4.69, 9.17) is 18.9 Å². The van der Waals surface area contributed by atoms with Gasteiger partial charge in [-0.3, -0.25) is 4.79 Å². The molecule has 0 N–H and O–H groups in total. The molecule has 0 fully saturated rings. The molecule has 0 amide bonds. The zero-order valence-corrected chi connectivity index (χ0v) is 17.5. The van der Waals surface area contributed by atoms with Gasteiger partial charge in [0.25, 0.3) is 0 Å².